The minimum atomic E-state index is -3.52. The second kappa shape index (κ2) is 8.35. The molecule has 162 valence electrons. The summed E-state index contributed by atoms with van der Waals surface area (Å²) in [5.74, 6) is 0.277. The Bertz CT molecular complexity index is 1070. The highest BCUT2D eigenvalue weighted by molar-refractivity contribution is 7.89. The molecule has 2 aromatic rings. The smallest absolute Gasteiger partial charge is 0.243 e. The lowest BCUT2D eigenvalue weighted by Gasteiger charge is -2.25. The van der Waals surface area contributed by atoms with Crippen LogP contribution in [0, 0.1) is 5.92 Å². The number of imidazole rings is 1. The van der Waals surface area contributed by atoms with Crippen LogP contribution in [0.4, 0.5) is 0 Å². The number of rotatable bonds is 6. The Balaban J connectivity index is 1.44. The first kappa shape index (κ1) is 20.8. The van der Waals surface area contributed by atoms with Crippen molar-refractivity contribution >= 4 is 32.9 Å². The van der Waals surface area contributed by atoms with Crippen LogP contribution in [-0.2, 0) is 33.1 Å². The summed E-state index contributed by atoms with van der Waals surface area (Å²) >= 11 is 0. The number of fused-ring (bicyclic) bond motifs is 1. The molecule has 2 amide bonds. The molecule has 1 aliphatic heterocycles. The molecule has 1 saturated heterocycles. The van der Waals surface area contributed by atoms with E-state index in [1.54, 1.807) is 22.5 Å². The quantitative estimate of drug-likeness (QED) is 0.666. The van der Waals surface area contributed by atoms with Crippen LogP contribution in [0.15, 0.2) is 23.1 Å². The number of hydrazine groups is 1. The Labute approximate surface area is 175 Å². The summed E-state index contributed by atoms with van der Waals surface area (Å²) in [5, 5.41) is 0. The summed E-state index contributed by atoms with van der Waals surface area (Å²) in [7, 11) is -1.68. The highest BCUT2D eigenvalue weighted by Crippen LogP contribution is 2.28. The van der Waals surface area contributed by atoms with E-state index in [-0.39, 0.29) is 29.0 Å². The van der Waals surface area contributed by atoms with Gasteiger partial charge in [-0.15, -0.1) is 0 Å². The van der Waals surface area contributed by atoms with E-state index < -0.39 is 10.0 Å². The van der Waals surface area contributed by atoms with Gasteiger partial charge in [0.1, 0.15) is 5.82 Å². The van der Waals surface area contributed by atoms with Gasteiger partial charge in [-0.05, 0) is 43.9 Å². The van der Waals surface area contributed by atoms with E-state index >= 15 is 0 Å². The minimum absolute atomic E-state index is 0.0283. The summed E-state index contributed by atoms with van der Waals surface area (Å²) < 4.78 is 29.2. The minimum Gasteiger partial charge on any atom is -0.331 e. The van der Waals surface area contributed by atoms with Crippen molar-refractivity contribution in [3.63, 3.8) is 0 Å². The number of hydrogen-bond donors (Lipinski definition) is 2. The molecule has 1 aromatic heterocycles. The van der Waals surface area contributed by atoms with E-state index in [0.29, 0.717) is 30.9 Å². The van der Waals surface area contributed by atoms with E-state index in [0.717, 1.165) is 37.6 Å². The normalized spacial score (nSPS) is 17.8. The van der Waals surface area contributed by atoms with Crippen LogP contribution in [0.25, 0.3) is 11.0 Å². The molecule has 0 unspecified atom stereocenters. The van der Waals surface area contributed by atoms with Crippen LogP contribution < -0.4 is 10.9 Å². The standard InChI is InChI=1S/C20H27N5O4S/c1-24-17-8-7-15(30(28,29)25-11-3-2-4-12-25)13-16(17)21-18(24)9-10-19(26)22-23-20(27)14-5-6-14/h7-8,13-14H,2-6,9-12H2,1H3,(H,22,26)(H,23,27). The molecule has 10 heteroatoms. The summed E-state index contributed by atoms with van der Waals surface area (Å²) in [5.41, 5.74) is 6.27. The molecule has 0 radical (unpaired) electrons. The number of piperidine rings is 1. The third-order valence-corrected chi connectivity index (χ3v) is 7.64. The van der Waals surface area contributed by atoms with Gasteiger partial charge in [0, 0.05) is 38.9 Å². The Morgan fingerprint density at radius 1 is 1.13 bits per heavy atom. The van der Waals surface area contributed by atoms with Gasteiger partial charge in [-0.25, -0.2) is 13.4 Å². The number of sulfonamides is 1. The number of nitrogens with one attached hydrogen (secondary N) is 2. The summed E-state index contributed by atoms with van der Waals surface area (Å²) in [4.78, 5) is 28.4. The van der Waals surface area contributed by atoms with E-state index in [4.69, 9.17) is 0 Å². The van der Waals surface area contributed by atoms with Crippen LogP contribution in [0.5, 0.6) is 0 Å². The molecule has 0 bridgehead atoms. The summed E-state index contributed by atoms with van der Waals surface area (Å²) in [6.07, 6.45) is 5.13. The molecule has 4 rings (SSSR count). The van der Waals surface area contributed by atoms with Crippen molar-refractivity contribution in [3.05, 3.63) is 24.0 Å². The van der Waals surface area contributed by atoms with Gasteiger partial charge in [-0.2, -0.15) is 4.31 Å². The number of hydrogen-bond acceptors (Lipinski definition) is 5. The average Bonchev–Trinajstić information content (AvgIpc) is 3.56. The second-order valence-corrected chi connectivity index (χ2v) is 9.95. The second-order valence-electron chi connectivity index (χ2n) is 8.01. The van der Waals surface area contributed by atoms with Crippen molar-refractivity contribution in [2.45, 2.75) is 49.8 Å². The summed E-state index contributed by atoms with van der Waals surface area (Å²) in [6.45, 7) is 1.11. The number of aryl methyl sites for hydroxylation is 2. The predicted octanol–water partition coefficient (Wildman–Crippen LogP) is 1.24. The number of amides is 2. The fourth-order valence-electron chi connectivity index (χ4n) is 3.73. The van der Waals surface area contributed by atoms with Crippen molar-refractivity contribution in [1.82, 2.24) is 24.7 Å². The summed E-state index contributed by atoms with van der Waals surface area (Å²) in [6, 6.07) is 5.00. The molecular weight excluding hydrogens is 406 g/mol. The molecular formula is C20H27N5O4S. The van der Waals surface area contributed by atoms with Gasteiger partial charge in [0.25, 0.3) is 0 Å². The number of aromatic nitrogens is 2. The van der Waals surface area contributed by atoms with Gasteiger partial charge in [0.15, 0.2) is 0 Å². The zero-order valence-electron chi connectivity index (χ0n) is 17.1. The molecule has 1 aliphatic carbocycles. The van der Waals surface area contributed by atoms with Gasteiger partial charge in [-0.3, -0.25) is 20.4 Å². The molecule has 1 saturated carbocycles. The Morgan fingerprint density at radius 3 is 2.57 bits per heavy atom. The first-order valence-corrected chi connectivity index (χ1v) is 11.8. The Morgan fingerprint density at radius 2 is 1.87 bits per heavy atom. The van der Waals surface area contributed by atoms with Crippen molar-refractivity contribution in [1.29, 1.82) is 0 Å². The molecule has 0 atom stereocenters. The molecule has 9 nitrogen and oxygen atoms in total. The van der Waals surface area contributed by atoms with E-state index in [9.17, 15) is 18.0 Å². The topological polar surface area (TPSA) is 113 Å². The van der Waals surface area contributed by atoms with Gasteiger partial charge in [-0.1, -0.05) is 6.42 Å². The fraction of sp³-hybridized carbons (Fsp3) is 0.550. The Kier molecular flexibility index (Phi) is 5.79. The molecule has 2 aliphatic rings. The molecule has 2 fully saturated rings. The largest absolute Gasteiger partial charge is 0.331 e. The van der Waals surface area contributed by atoms with Crippen LogP contribution in [-0.4, -0.2) is 47.2 Å². The zero-order chi connectivity index (χ0) is 21.3. The van der Waals surface area contributed by atoms with Gasteiger partial charge >= 0.3 is 0 Å². The zero-order valence-corrected chi connectivity index (χ0v) is 17.9. The van der Waals surface area contributed by atoms with Gasteiger partial charge < -0.3 is 4.57 Å². The molecule has 2 N–H and O–H groups in total. The first-order valence-electron chi connectivity index (χ1n) is 10.4. The third kappa shape index (κ3) is 4.34. The third-order valence-electron chi connectivity index (χ3n) is 5.75. The molecule has 1 aromatic carbocycles. The average molecular weight is 434 g/mol. The van der Waals surface area contributed by atoms with E-state index in [1.807, 2.05) is 11.6 Å². The lowest BCUT2D eigenvalue weighted by atomic mass is 10.2. The van der Waals surface area contributed by atoms with Crippen LogP contribution in [0.1, 0.15) is 44.3 Å². The maximum absolute atomic E-state index is 12.9. The number of nitrogens with zero attached hydrogens (tertiary/aromatic N) is 3. The van der Waals surface area contributed by atoms with Gasteiger partial charge in [0.05, 0.1) is 15.9 Å². The van der Waals surface area contributed by atoms with Gasteiger partial charge in [0.2, 0.25) is 21.8 Å². The highest BCUT2D eigenvalue weighted by Gasteiger charge is 2.30. The molecule has 0 spiro atoms. The van der Waals surface area contributed by atoms with Crippen molar-refractivity contribution in [3.8, 4) is 0 Å². The Hall–Kier alpha value is -2.46. The maximum Gasteiger partial charge on any atom is 0.243 e. The van der Waals surface area contributed by atoms with Crippen molar-refractivity contribution in [2.75, 3.05) is 13.1 Å². The van der Waals surface area contributed by atoms with Crippen molar-refractivity contribution in [2.24, 2.45) is 13.0 Å². The fourth-order valence-corrected chi connectivity index (χ4v) is 5.27. The van der Waals surface area contributed by atoms with Crippen molar-refractivity contribution < 1.29 is 18.0 Å². The monoisotopic (exact) mass is 433 g/mol. The van der Waals surface area contributed by atoms with E-state index in [1.165, 1.54) is 0 Å². The predicted molar refractivity (Wildman–Crippen MR) is 111 cm³/mol. The highest BCUT2D eigenvalue weighted by atomic mass is 32.2. The lowest BCUT2D eigenvalue weighted by Crippen LogP contribution is -2.42. The SMILES string of the molecule is Cn1c(CCC(=O)NNC(=O)C2CC2)nc2cc(S(=O)(=O)N3CCCCC3)ccc21. The maximum atomic E-state index is 12.9. The first-order chi connectivity index (χ1) is 14.4. The van der Waals surface area contributed by atoms with Crippen LogP contribution in [0.3, 0.4) is 0 Å². The molecule has 30 heavy (non-hydrogen) atoms. The van der Waals surface area contributed by atoms with E-state index in [2.05, 4.69) is 15.8 Å². The lowest BCUT2D eigenvalue weighted by molar-refractivity contribution is -0.129. The number of carbonyl (C=O) groups excluding carboxylic acids is 2. The van der Waals surface area contributed by atoms with Crippen LogP contribution in [0.2, 0.25) is 0 Å². The molecule has 2 heterocycles. The van der Waals surface area contributed by atoms with Crippen LogP contribution >= 0.6 is 0 Å². The number of carbonyl (C=O) groups is 2. The number of benzene rings is 1.